The second kappa shape index (κ2) is 8.11. The van der Waals surface area contributed by atoms with Gasteiger partial charge in [0.15, 0.2) is 5.78 Å². The van der Waals surface area contributed by atoms with Gasteiger partial charge in [-0.1, -0.05) is 24.4 Å². The number of ketones is 1. The molecule has 1 aromatic rings. The summed E-state index contributed by atoms with van der Waals surface area (Å²) in [5, 5.41) is 0.525. The fraction of sp³-hybridized carbons (Fsp3) is 0.500. The van der Waals surface area contributed by atoms with Crippen LogP contribution in [0.15, 0.2) is 18.2 Å². The molecule has 0 atom stereocenters. The highest BCUT2D eigenvalue weighted by atomic mass is 35.5. The summed E-state index contributed by atoms with van der Waals surface area (Å²) in [5.74, 6) is 0.684. The zero-order valence-corrected chi connectivity index (χ0v) is 11.5. The Labute approximate surface area is 113 Å². The van der Waals surface area contributed by atoms with E-state index < -0.39 is 0 Å². The summed E-state index contributed by atoms with van der Waals surface area (Å²) in [4.78, 5) is 11.9. The van der Waals surface area contributed by atoms with Gasteiger partial charge in [0.1, 0.15) is 5.75 Å². The Morgan fingerprint density at radius 3 is 2.67 bits per heavy atom. The van der Waals surface area contributed by atoms with Crippen LogP contribution < -0.4 is 10.5 Å². The summed E-state index contributed by atoms with van der Waals surface area (Å²) < 4.78 is 5.10. The third kappa shape index (κ3) is 4.67. The van der Waals surface area contributed by atoms with Crippen molar-refractivity contribution in [2.75, 3.05) is 13.7 Å². The second-order valence-electron chi connectivity index (χ2n) is 4.23. The van der Waals surface area contributed by atoms with Crippen LogP contribution in [0.5, 0.6) is 5.75 Å². The highest BCUT2D eigenvalue weighted by Crippen LogP contribution is 2.25. The Balaban J connectivity index is 2.46. The van der Waals surface area contributed by atoms with Crippen molar-refractivity contribution >= 4 is 17.4 Å². The monoisotopic (exact) mass is 269 g/mol. The first-order valence-electron chi connectivity index (χ1n) is 6.26. The van der Waals surface area contributed by atoms with Gasteiger partial charge in [0.25, 0.3) is 0 Å². The Hall–Kier alpha value is -1.06. The Kier molecular flexibility index (Phi) is 6.76. The molecule has 0 spiro atoms. The predicted octanol–water partition coefficient (Wildman–Crippen LogP) is 3.44. The normalized spacial score (nSPS) is 10.4. The average Bonchev–Trinajstić information content (AvgIpc) is 2.38. The van der Waals surface area contributed by atoms with Crippen LogP contribution in [0.3, 0.4) is 0 Å². The number of methoxy groups -OCH3 is 1. The molecule has 0 amide bonds. The lowest BCUT2D eigenvalue weighted by Gasteiger charge is -2.06. The number of hydrogen-bond acceptors (Lipinski definition) is 3. The molecule has 0 unspecified atom stereocenters. The van der Waals surface area contributed by atoms with Gasteiger partial charge in [0, 0.05) is 12.0 Å². The maximum Gasteiger partial charge on any atom is 0.163 e. The zero-order valence-electron chi connectivity index (χ0n) is 10.7. The molecule has 100 valence electrons. The van der Waals surface area contributed by atoms with Crippen LogP contribution in [0.2, 0.25) is 5.02 Å². The smallest absolute Gasteiger partial charge is 0.163 e. The van der Waals surface area contributed by atoms with Gasteiger partial charge in [-0.15, -0.1) is 0 Å². The van der Waals surface area contributed by atoms with Crippen LogP contribution in [0.25, 0.3) is 0 Å². The number of ether oxygens (including phenoxy) is 1. The number of carbonyl (C=O) groups excluding carboxylic acids is 1. The molecule has 0 aliphatic carbocycles. The number of nitrogens with two attached hydrogens (primary N) is 1. The lowest BCUT2D eigenvalue weighted by Crippen LogP contribution is -2.01. The minimum Gasteiger partial charge on any atom is -0.495 e. The molecule has 0 heterocycles. The van der Waals surface area contributed by atoms with Crippen LogP contribution >= 0.6 is 11.6 Å². The topological polar surface area (TPSA) is 52.3 Å². The van der Waals surface area contributed by atoms with E-state index in [0.29, 0.717) is 22.8 Å². The number of hydrogen-bond donors (Lipinski definition) is 1. The fourth-order valence-electron chi connectivity index (χ4n) is 1.76. The molecular weight excluding hydrogens is 250 g/mol. The number of unbranched alkanes of at least 4 members (excludes halogenated alkanes) is 3. The van der Waals surface area contributed by atoms with Gasteiger partial charge in [0.05, 0.1) is 12.1 Å². The average molecular weight is 270 g/mol. The van der Waals surface area contributed by atoms with Crippen LogP contribution in [0.1, 0.15) is 42.5 Å². The van der Waals surface area contributed by atoms with Crippen molar-refractivity contribution in [3.63, 3.8) is 0 Å². The molecule has 0 aromatic heterocycles. The number of halogens is 1. The molecule has 0 bridgehead atoms. The van der Waals surface area contributed by atoms with E-state index in [1.807, 2.05) is 0 Å². The zero-order chi connectivity index (χ0) is 13.4. The highest BCUT2D eigenvalue weighted by Gasteiger charge is 2.09. The Morgan fingerprint density at radius 2 is 2.00 bits per heavy atom. The van der Waals surface area contributed by atoms with E-state index in [1.54, 1.807) is 25.3 Å². The minimum absolute atomic E-state index is 0.137. The van der Waals surface area contributed by atoms with Gasteiger partial charge in [-0.2, -0.15) is 0 Å². The van der Waals surface area contributed by atoms with Crippen molar-refractivity contribution in [1.82, 2.24) is 0 Å². The van der Waals surface area contributed by atoms with Crippen LogP contribution in [-0.4, -0.2) is 19.4 Å². The van der Waals surface area contributed by atoms with E-state index >= 15 is 0 Å². The molecule has 0 aliphatic heterocycles. The molecule has 0 aliphatic rings. The van der Waals surface area contributed by atoms with Gasteiger partial charge >= 0.3 is 0 Å². The SMILES string of the molecule is COc1cc(C(=O)CCCCCCN)ccc1Cl. The van der Waals surface area contributed by atoms with Crippen LogP contribution in [0.4, 0.5) is 0 Å². The van der Waals surface area contributed by atoms with Crippen molar-refractivity contribution in [2.45, 2.75) is 32.1 Å². The predicted molar refractivity (Wildman–Crippen MR) is 74.5 cm³/mol. The number of carbonyl (C=O) groups is 1. The molecular formula is C14H20ClNO2. The Morgan fingerprint density at radius 1 is 1.28 bits per heavy atom. The highest BCUT2D eigenvalue weighted by molar-refractivity contribution is 6.32. The standard InChI is InChI=1S/C14H20ClNO2/c1-18-14-10-11(7-8-12(14)15)13(17)6-4-2-3-5-9-16/h7-8,10H,2-6,9,16H2,1H3. The van der Waals surface area contributed by atoms with E-state index in [9.17, 15) is 4.79 Å². The molecule has 0 radical (unpaired) electrons. The van der Waals surface area contributed by atoms with E-state index in [2.05, 4.69) is 0 Å². The Bertz CT molecular complexity index is 393. The molecule has 2 N–H and O–H groups in total. The number of Topliss-reactive ketones (excluding diaryl/α,β-unsaturated/α-hetero) is 1. The van der Waals surface area contributed by atoms with Crippen LogP contribution in [-0.2, 0) is 0 Å². The van der Waals surface area contributed by atoms with Crippen molar-refractivity contribution in [3.05, 3.63) is 28.8 Å². The summed E-state index contributed by atoms with van der Waals surface area (Å²) in [6.07, 6.45) is 4.64. The second-order valence-corrected chi connectivity index (χ2v) is 4.63. The summed E-state index contributed by atoms with van der Waals surface area (Å²) in [5.41, 5.74) is 6.08. The van der Waals surface area contributed by atoms with E-state index in [1.165, 1.54) is 0 Å². The van der Waals surface area contributed by atoms with Gasteiger partial charge in [-0.25, -0.2) is 0 Å². The number of rotatable bonds is 8. The van der Waals surface area contributed by atoms with Crippen molar-refractivity contribution in [3.8, 4) is 5.75 Å². The molecule has 1 rings (SSSR count). The molecule has 4 heteroatoms. The fourth-order valence-corrected chi connectivity index (χ4v) is 1.96. The molecule has 18 heavy (non-hydrogen) atoms. The summed E-state index contributed by atoms with van der Waals surface area (Å²) in [6.45, 7) is 0.725. The van der Waals surface area contributed by atoms with E-state index in [4.69, 9.17) is 22.1 Å². The van der Waals surface area contributed by atoms with Gasteiger partial charge in [-0.3, -0.25) is 4.79 Å². The lowest BCUT2D eigenvalue weighted by molar-refractivity contribution is 0.0979. The summed E-state index contributed by atoms with van der Waals surface area (Å²) in [6, 6.07) is 5.14. The molecule has 0 saturated heterocycles. The summed E-state index contributed by atoms with van der Waals surface area (Å²) >= 11 is 5.91. The van der Waals surface area contributed by atoms with Gasteiger partial charge < -0.3 is 10.5 Å². The maximum atomic E-state index is 11.9. The molecule has 0 saturated carbocycles. The minimum atomic E-state index is 0.137. The largest absolute Gasteiger partial charge is 0.495 e. The maximum absolute atomic E-state index is 11.9. The van der Waals surface area contributed by atoms with Crippen molar-refractivity contribution in [2.24, 2.45) is 5.73 Å². The molecule has 1 aromatic carbocycles. The van der Waals surface area contributed by atoms with Gasteiger partial charge in [-0.05, 0) is 37.6 Å². The first kappa shape index (κ1) is 15.0. The third-order valence-electron chi connectivity index (χ3n) is 2.83. The molecule has 0 fully saturated rings. The number of benzene rings is 1. The van der Waals surface area contributed by atoms with E-state index in [0.717, 1.165) is 32.2 Å². The lowest BCUT2D eigenvalue weighted by atomic mass is 10.0. The summed E-state index contributed by atoms with van der Waals surface area (Å²) in [7, 11) is 1.54. The first-order valence-corrected chi connectivity index (χ1v) is 6.63. The van der Waals surface area contributed by atoms with E-state index in [-0.39, 0.29) is 5.78 Å². The molecule has 3 nitrogen and oxygen atoms in total. The quantitative estimate of drug-likeness (QED) is 0.581. The van der Waals surface area contributed by atoms with Crippen LogP contribution in [0, 0.1) is 0 Å². The first-order chi connectivity index (χ1) is 8.69. The van der Waals surface area contributed by atoms with Crippen molar-refractivity contribution < 1.29 is 9.53 Å². The van der Waals surface area contributed by atoms with Gasteiger partial charge in [0.2, 0.25) is 0 Å². The van der Waals surface area contributed by atoms with Crippen molar-refractivity contribution in [1.29, 1.82) is 0 Å². The third-order valence-corrected chi connectivity index (χ3v) is 3.14.